The van der Waals surface area contributed by atoms with Crippen LogP contribution in [0.25, 0.3) is 16.2 Å². The Balaban J connectivity index is 1.55. The van der Waals surface area contributed by atoms with E-state index in [1.807, 2.05) is 40.4 Å². The number of ether oxygens (including phenoxy) is 3. The van der Waals surface area contributed by atoms with Crippen molar-refractivity contribution < 1.29 is 19.0 Å². The third-order valence-electron chi connectivity index (χ3n) is 4.65. The zero-order valence-electron chi connectivity index (χ0n) is 17.7. The van der Waals surface area contributed by atoms with Gasteiger partial charge in [-0.05, 0) is 24.3 Å². The number of amides is 1. The number of fused-ring (bicyclic) bond motifs is 1. The molecule has 0 bridgehead atoms. The van der Waals surface area contributed by atoms with Gasteiger partial charge in [0.2, 0.25) is 11.7 Å². The summed E-state index contributed by atoms with van der Waals surface area (Å²) in [5.74, 6) is 0.604. The first-order valence-electron chi connectivity index (χ1n) is 9.50. The molecule has 32 heavy (non-hydrogen) atoms. The van der Waals surface area contributed by atoms with Crippen molar-refractivity contribution in [3.05, 3.63) is 59.7 Å². The Morgan fingerprint density at radius 1 is 1.12 bits per heavy atom. The lowest BCUT2D eigenvalue weighted by Gasteiger charge is -2.14. The summed E-state index contributed by atoms with van der Waals surface area (Å²) in [6.45, 7) is 0. The SMILES string of the molecule is COc1cc(C(=O)NC(N)=Nc2cccc(-c3cn4ccsc4n3)c2)cc(OC)c1OC. The highest BCUT2D eigenvalue weighted by molar-refractivity contribution is 7.15. The molecule has 0 radical (unpaired) electrons. The van der Waals surface area contributed by atoms with Crippen LogP contribution in [0, 0.1) is 0 Å². The van der Waals surface area contributed by atoms with Crippen molar-refractivity contribution in [3.8, 4) is 28.5 Å². The minimum atomic E-state index is -0.462. The molecule has 0 saturated heterocycles. The van der Waals surface area contributed by atoms with E-state index in [1.165, 1.54) is 33.5 Å². The smallest absolute Gasteiger partial charge is 0.258 e. The second-order valence-electron chi connectivity index (χ2n) is 6.63. The predicted octanol–water partition coefficient (Wildman–Crippen LogP) is 3.46. The van der Waals surface area contributed by atoms with E-state index in [2.05, 4.69) is 15.3 Å². The van der Waals surface area contributed by atoms with E-state index in [1.54, 1.807) is 17.4 Å². The maximum absolute atomic E-state index is 12.7. The third kappa shape index (κ3) is 4.21. The van der Waals surface area contributed by atoms with E-state index in [4.69, 9.17) is 19.9 Å². The number of methoxy groups -OCH3 is 3. The first-order chi connectivity index (χ1) is 15.5. The summed E-state index contributed by atoms with van der Waals surface area (Å²) < 4.78 is 17.8. The molecule has 4 aromatic rings. The molecule has 0 fully saturated rings. The van der Waals surface area contributed by atoms with Gasteiger partial charge in [-0.2, -0.15) is 0 Å². The number of nitrogens with one attached hydrogen (secondary N) is 1. The zero-order valence-corrected chi connectivity index (χ0v) is 18.5. The van der Waals surface area contributed by atoms with Crippen molar-refractivity contribution in [1.82, 2.24) is 14.7 Å². The Morgan fingerprint density at radius 2 is 1.88 bits per heavy atom. The molecule has 2 heterocycles. The lowest BCUT2D eigenvalue weighted by Crippen LogP contribution is -2.36. The fourth-order valence-corrected chi connectivity index (χ4v) is 3.87. The van der Waals surface area contributed by atoms with Gasteiger partial charge in [0.25, 0.3) is 5.91 Å². The number of hydrogen-bond donors (Lipinski definition) is 2. The van der Waals surface area contributed by atoms with E-state index in [9.17, 15) is 4.79 Å². The van der Waals surface area contributed by atoms with Gasteiger partial charge in [0.05, 0.1) is 32.7 Å². The predicted molar refractivity (Wildman–Crippen MR) is 123 cm³/mol. The number of guanidine groups is 1. The van der Waals surface area contributed by atoms with Gasteiger partial charge >= 0.3 is 0 Å². The summed E-state index contributed by atoms with van der Waals surface area (Å²) in [5.41, 5.74) is 8.58. The molecule has 1 amide bonds. The molecule has 0 aliphatic carbocycles. The average Bonchev–Trinajstić information content (AvgIpc) is 3.40. The molecule has 10 heteroatoms. The molecule has 2 aromatic carbocycles. The fraction of sp³-hybridized carbons (Fsp3) is 0.136. The van der Waals surface area contributed by atoms with Crippen LogP contribution in [0.4, 0.5) is 5.69 Å². The summed E-state index contributed by atoms with van der Waals surface area (Å²) in [4.78, 5) is 22.5. The van der Waals surface area contributed by atoms with Crippen LogP contribution in [-0.4, -0.2) is 42.6 Å². The molecule has 3 N–H and O–H groups in total. The van der Waals surface area contributed by atoms with Gasteiger partial charge in [-0.25, -0.2) is 9.98 Å². The molecule has 9 nitrogen and oxygen atoms in total. The molecule has 0 aliphatic heterocycles. The summed E-state index contributed by atoms with van der Waals surface area (Å²) >= 11 is 1.56. The van der Waals surface area contributed by atoms with Crippen LogP contribution < -0.4 is 25.3 Å². The maximum Gasteiger partial charge on any atom is 0.258 e. The number of hydrogen-bond acceptors (Lipinski definition) is 7. The fourth-order valence-electron chi connectivity index (χ4n) is 3.17. The van der Waals surface area contributed by atoms with Crippen LogP contribution in [0.1, 0.15) is 10.4 Å². The Hall–Kier alpha value is -4.05. The number of carbonyl (C=O) groups is 1. The number of imidazole rings is 1. The Bertz CT molecular complexity index is 1260. The van der Waals surface area contributed by atoms with E-state index in [0.717, 1.165) is 16.2 Å². The summed E-state index contributed by atoms with van der Waals surface area (Å²) in [7, 11) is 4.45. The van der Waals surface area contributed by atoms with Crippen LogP contribution in [0.3, 0.4) is 0 Å². The first-order valence-corrected chi connectivity index (χ1v) is 10.4. The standard InChI is InChI=1S/C22H21N5O4S/c1-29-17-10-14(11-18(30-2)19(17)31-3)20(28)26-21(23)24-15-6-4-5-13(9-15)16-12-27-7-8-32-22(27)25-16/h4-12H,1-3H3,(H3,23,24,26,28). The molecular weight excluding hydrogens is 430 g/mol. The highest BCUT2D eigenvalue weighted by Gasteiger charge is 2.17. The monoisotopic (exact) mass is 451 g/mol. The zero-order chi connectivity index (χ0) is 22.7. The molecule has 4 rings (SSSR count). The van der Waals surface area contributed by atoms with Crippen molar-refractivity contribution in [3.63, 3.8) is 0 Å². The molecule has 164 valence electrons. The summed E-state index contributed by atoms with van der Waals surface area (Å²) in [6.07, 6.45) is 3.90. The van der Waals surface area contributed by atoms with Crippen molar-refractivity contribution in [2.24, 2.45) is 10.7 Å². The molecule has 0 aliphatic rings. The molecule has 0 unspecified atom stereocenters. The van der Waals surface area contributed by atoms with Gasteiger partial charge in [0, 0.05) is 28.9 Å². The van der Waals surface area contributed by atoms with Crippen LogP contribution in [-0.2, 0) is 0 Å². The first kappa shape index (κ1) is 21.2. The van der Waals surface area contributed by atoms with Gasteiger partial charge in [-0.15, -0.1) is 11.3 Å². The molecule has 0 spiro atoms. The third-order valence-corrected chi connectivity index (χ3v) is 5.42. The molecule has 0 atom stereocenters. The molecule has 0 saturated carbocycles. The second kappa shape index (κ2) is 8.98. The number of thiazole rings is 1. The van der Waals surface area contributed by atoms with Crippen molar-refractivity contribution in [2.45, 2.75) is 0 Å². The maximum atomic E-state index is 12.7. The van der Waals surface area contributed by atoms with Gasteiger partial charge in [-0.1, -0.05) is 12.1 Å². The summed E-state index contributed by atoms with van der Waals surface area (Å²) in [6, 6.07) is 10.5. The van der Waals surface area contributed by atoms with Crippen molar-refractivity contribution >= 4 is 33.9 Å². The summed E-state index contributed by atoms with van der Waals surface area (Å²) in [5, 5.41) is 4.56. The molecular formula is C22H21N5O4S. The van der Waals surface area contributed by atoms with E-state index >= 15 is 0 Å². The van der Waals surface area contributed by atoms with Crippen LogP contribution in [0.2, 0.25) is 0 Å². The minimum Gasteiger partial charge on any atom is -0.493 e. The van der Waals surface area contributed by atoms with Gasteiger partial charge in [0.15, 0.2) is 16.5 Å². The lowest BCUT2D eigenvalue weighted by atomic mass is 10.1. The average molecular weight is 452 g/mol. The number of aliphatic imine (C=N–C) groups is 1. The Kier molecular flexibility index (Phi) is 5.95. The highest BCUT2D eigenvalue weighted by Crippen LogP contribution is 2.38. The minimum absolute atomic E-state index is 0.0493. The van der Waals surface area contributed by atoms with Crippen LogP contribution in [0.15, 0.2) is 59.2 Å². The van der Waals surface area contributed by atoms with Gasteiger partial charge in [-0.3, -0.25) is 14.5 Å². The number of benzene rings is 2. The Labute approximate surface area is 188 Å². The second-order valence-corrected chi connectivity index (χ2v) is 7.51. The number of nitrogens with two attached hydrogens (primary N) is 1. The van der Waals surface area contributed by atoms with Crippen LogP contribution >= 0.6 is 11.3 Å². The van der Waals surface area contributed by atoms with Crippen molar-refractivity contribution in [2.75, 3.05) is 21.3 Å². The Morgan fingerprint density at radius 3 is 2.53 bits per heavy atom. The van der Waals surface area contributed by atoms with E-state index in [0.29, 0.717) is 22.9 Å². The molecule has 2 aromatic heterocycles. The van der Waals surface area contributed by atoms with Crippen LogP contribution in [0.5, 0.6) is 17.2 Å². The highest BCUT2D eigenvalue weighted by atomic mass is 32.1. The number of aromatic nitrogens is 2. The normalized spacial score (nSPS) is 11.4. The number of carbonyl (C=O) groups excluding carboxylic acids is 1. The van der Waals surface area contributed by atoms with E-state index < -0.39 is 5.91 Å². The van der Waals surface area contributed by atoms with E-state index in [-0.39, 0.29) is 11.5 Å². The van der Waals surface area contributed by atoms with Crippen molar-refractivity contribution in [1.29, 1.82) is 0 Å². The van der Waals surface area contributed by atoms with Gasteiger partial charge < -0.3 is 19.9 Å². The number of rotatable bonds is 6. The van der Waals surface area contributed by atoms with Gasteiger partial charge in [0.1, 0.15) is 0 Å². The largest absolute Gasteiger partial charge is 0.493 e. The topological polar surface area (TPSA) is 112 Å². The number of nitrogens with zero attached hydrogens (tertiary/aromatic N) is 3. The quantitative estimate of drug-likeness (QED) is 0.343. The lowest BCUT2D eigenvalue weighted by molar-refractivity contribution is 0.0976.